The maximum absolute atomic E-state index is 14.0. The standard InChI is InChI=1S/C31H45N5O8S/c1-8-31(5,44-30(41)25(32)18(2)3)26(37)21(14-20-12-10-9-11-13-20)34-27(38)22(16-42-6)35-28(39)23(17-43-7)36-29(40)24-15-33-19(4)45-24/h9-13,15,18,21-23,25H,8,14,16-17,32H2,1-7H3,(H,34,38)(H,35,39)(H,36,40)/t21-,22-,23-,25?,31+/m0/s1. The molecule has 1 unspecified atom stereocenters. The van der Waals surface area contributed by atoms with Crippen molar-refractivity contribution in [3.8, 4) is 0 Å². The summed E-state index contributed by atoms with van der Waals surface area (Å²) in [6, 6.07) is 4.53. The number of hydrogen-bond donors (Lipinski definition) is 4. The number of nitrogens with two attached hydrogens (primary N) is 1. The lowest BCUT2D eigenvalue weighted by Gasteiger charge is -2.33. The Bertz CT molecular complexity index is 1300. The molecule has 1 aromatic carbocycles. The summed E-state index contributed by atoms with van der Waals surface area (Å²) in [5.41, 5.74) is 5.13. The minimum absolute atomic E-state index is 0.0824. The summed E-state index contributed by atoms with van der Waals surface area (Å²) in [6.45, 7) is 8.05. The monoisotopic (exact) mass is 647 g/mol. The van der Waals surface area contributed by atoms with Crippen LogP contribution in [-0.4, -0.2) is 91.7 Å². The van der Waals surface area contributed by atoms with Crippen LogP contribution in [0.4, 0.5) is 0 Å². The fourth-order valence-electron chi connectivity index (χ4n) is 4.23. The van der Waals surface area contributed by atoms with E-state index in [2.05, 4.69) is 20.9 Å². The first-order valence-corrected chi connectivity index (χ1v) is 15.5. The molecule has 0 saturated heterocycles. The summed E-state index contributed by atoms with van der Waals surface area (Å²) in [6.07, 6.45) is 1.61. The van der Waals surface area contributed by atoms with Gasteiger partial charge in [-0.3, -0.25) is 24.0 Å². The van der Waals surface area contributed by atoms with Crippen molar-refractivity contribution >= 4 is 40.8 Å². The number of aryl methyl sites for hydroxylation is 1. The molecular formula is C31H45N5O8S. The van der Waals surface area contributed by atoms with Gasteiger partial charge in [0.2, 0.25) is 11.8 Å². The second-order valence-electron chi connectivity index (χ2n) is 11.1. The van der Waals surface area contributed by atoms with Crippen LogP contribution in [0.15, 0.2) is 36.5 Å². The van der Waals surface area contributed by atoms with Gasteiger partial charge in [-0.15, -0.1) is 11.3 Å². The van der Waals surface area contributed by atoms with Gasteiger partial charge in [-0.25, -0.2) is 4.98 Å². The normalized spacial score (nSPS) is 15.2. The SMILES string of the molecule is CC[C@@](C)(OC(=O)C(N)C(C)C)C(=O)[C@H](Cc1ccccc1)NC(=O)[C@H](COC)NC(=O)[C@H](COC)NC(=O)c1cnc(C)s1. The number of ether oxygens (including phenoxy) is 3. The molecule has 0 spiro atoms. The number of thiazole rings is 1. The second-order valence-corrected chi connectivity index (χ2v) is 12.4. The number of esters is 1. The van der Waals surface area contributed by atoms with E-state index >= 15 is 0 Å². The topological polar surface area (TPSA) is 188 Å². The Balaban J connectivity index is 2.30. The van der Waals surface area contributed by atoms with Gasteiger partial charge < -0.3 is 35.9 Å². The van der Waals surface area contributed by atoms with E-state index in [4.69, 9.17) is 19.9 Å². The fraction of sp³-hybridized carbons (Fsp3) is 0.548. The van der Waals surface area contributed by atoms with E-state index < -0.39 is 59.2 Å². The van der Waals surface area contributed by atoms with Gasteiger partial charge in [0.1, 0.15) is 23.0 Å². The van der Waals surface area contributed by atoms with E-state index in [1.54, 1.807) is 52.0 Å². The zero-order valence-corrected chi connectivity index (χ0v) is 27.7. The summed E-state index contributed by atoms with van der Waals surface area (Å²) in [4.78, 5) is 70.7. The van der Waals surface area contributed by atoms with E-state index in [0.29, 0.717) is 9.88 Å². The smallest absolute Gasteiger partial charge is 0.324 e. The summed E-state index contributed by atoms with van der Waals surface area (Å²) in [5.74, 6) is -3.43. The van der Waals surface area contributed by atoms with Crippen LogP contribution in [0.5, 0.6) is 0 Å². The number of Topliss-reactive ketones (excluding diaryl/α,β-unsaturated/α-hetero) is 1. The summed E-state index contributed by atoms with van der Waals surface area (Å²) in [5, 5.41) is 8.60. The Morgan fingerprint density at radius 2 is 1.49 bits per heavy atom. The quantitative estimate of drug-likeness (QED) is 0.172. The van der Waals surface area contributed by atoms with Crippen LogP contribution in [0.1, 0.15) is 54.4 Å². The predicted molar refractivity (Wildman–Crippen MR) is 168 cm³/mol. The fourth-order valence-corrected chi connectivity index (χ4v) is 4.91. The van der Waals surface area contributed by atoms with Gasteiger partial charge in [-0.05, 0) is 38.2 Å². The van der Waals surface area contributed by atoms with Crippen LogP contribution < -0.4 is 21.7 Å². The van der Waals surface area contributed by atoms with Gasteiger partial charge in [-0.2, -0.15) is 0 Å². The molecule has 0 saturated carbocycles. The van der Waals surface area contributed by atoms with Crippen molar-refractivity contribution in [2.75, 3.05) is 27.4 Å². The number of amides is 3. The van der Waals surface area contributed by atoms with E-state index in [0.717, 1.165) is 16.9 Å². The molecule has 3 amide bonds. The molecule has 45 heavy (non-hydrogen) atoms. The first-order valence-electron chi connectivity index (χ1n) is 14.6. The van der Waals surface area contributed by atoms with Gasteiger partial charge >= 0.3 is 5.97 Å². The maximum atomic E-state index is 14.0. The second kappa shape index (κ2) is 17.7. The molecule has 1 aromatic heterocycles. The molecule has 0 fully saturated rings. The highest BCUT2D eigenvalue weighted by atomic mass is 32.1. The molecule has 14 heteroatoms. The summed E-state index contributed by atoms with van der Waals surface area (Å²) < 4.78 is 16.0. The van der Waals surface area contributed by atoms with Crippen LogP contribution in [-0.2, 0) is 39.8 Å². The third-order valence-corrected chi connectivity index (χ3v) is 8.11. The molecule has 0 aliphatic carbocycles. The van der Waals surface area contributed by atoms with Crippen molar-refractivity contribution in [1.82, 2.24) is 20.9 Å². The molecule has 5 atom stereocenters. The number of hydrogen-bond acceptors (Lipinski definition) is 11. The van der Waals surface area contributed by atoms with Crippen molar-refractivity contribution in [3.63, 3.8) is 0 Å². The number of aromatic nitrogens is 1. The van der Waals surface area contributed by atoms with E-state index in [1.165, 1.54) is 27.3 Å². The summed E-state index contributed by atoms with van der Waals surface area (Å²) in [7, 11) is 2.72. The molecule has 0 radical (unpaired) electrons. The molecule has 1 heterocycles. The molecule has 248 valence electrons. The number of benzene rings is 1. The Hall–Kier alpha value is -3.72. The molecule has 2 rings (SSSR count). The molecular weight excluding hydrogens is 602 g/mol. The Morgan fingerprint density at radius 1 is 0.933 bits per heavy atom. The molecule has 5 N–H and O–H groups in total. The van der Waals surface area contributed by atoms with Crippen LogP contribution in [0, 0.1) is 12.8 Å². The van der Waals surface area contributed by atoms with Crippen LogP contribution in [0.2, 0.25) is 0 Å². The third kappa shape index (κ3) is 11.0. The largest absolute Gasteiger partial charge is 0.450 e. The Morgan fingerprint density at radius 3 is 1.98 bits per heavy atom. The van der Waals surface area contributed by atoms with Crippen molar-refractivity contribution in [2.24, 2.45) is 11.7 Å². The number of ketones is 1. The average molecular weight is 648 g/mol. The number of methoxy groups -OCH3 is 2. The first kappa shape index (κ1) is 37.5. The number of carbonyl (C=O) groups is 5. The highest BCUT2D eigenvalue weighted by molar-refractivity contribution is 7.13. The van der Waals surface area contributed by atoms with Gasteiger partial charge in [0.15, 0.2) is 11.4 Å². The van der Waals surface area contributed by atoms with Gasteiger partial charge in [0, 0.05) is 14.2 Å². The number of rotatable bonds is 18. The predicted octanol–water partition coefficient (Wildman–Crippen LogP) is 1.32. The highest BCUT2D eigenvalue weighted by Gasteiger charge is 2.42. The van der Waals surface area contributed by atoms with E-state index in [1.807, 2.05) is 6.07 Å². The lowest BCUT2D eigenvalue weighted by Crippen LogP contribution is -2.60. The minimum atomic E-state index is -1.60. The lowest BCUT2D eigenvalue weighted by molar-refractivity contribution is -0.169. The number of carbonyl (C=O) groups excluding carboxylic acids is 5. The van der Waals surface area contributed by atoms with Crippen molar-refractivity contribution < 1.29 is 38.2 Å². The average Bonchev–Trinajstić information content (AvgIpc) is 3.45. The maximum Gasteiger partial charge on any atom is 0.324 e. The van der Waals surface area contributed by atoms with E-state index in [-0.39, 0.29) is 32.0 Å². The van der Waals surface area contributed by atoms with Crippen molar-refractivity contribution in [2.45, 2.75) is 77.2 Å². The highest BCUT2D eigenvalue weighted by Crippen LogP contribution is 2.22. The van der Waals surface area contributed by atoms with Crippen LogP contribution in [0.25, 0.3) is 0 Å². The van der Waals surface area contributed by atoms with Crippen LogP contribution in [0.3, 0.4) is 0 Å². The Labute approximate surface area is 268 Å². The van der Waals surface area contributed by atoms with Gasteiger partial charge in [0.25, 0.3) is 5.91 Å². The minimum Gasteiger partial charge on any atom is -0.450 e. The Kier molecular flexibility index (Phi) is 14.7. The third-order valence-electron chi connectivity index (χ3n) is 7.19. The molecule has 0 aliphatic heterocycles. The molecule has 2 aromatic rings. The van der Waals surface area contributed by atoms with E-state index in [9.17, 15) is 24.0 Å². The molecule has 0 bridgehead atoms. The van der Waals surface area contributed by atoms with Gasteiger partial charge in [-0.1, -0.05) is 51.1 Å². The zero-order chi connectivity index (χ0) is 33.7. The number of nitrogens with one attached hydrogen (secondary N) is 3. The van der Waals surface area contributed by atoms with Gasteiger partial charge in [0.05, 0.1) is 30.5 Å². The molecule has 0 aliphatic rings. The molecule has 13 nitrogen and oxygen atoms in total. The van der Waals surface area contributed by atoms with Crippen molar-refractivity contribution in [3.05, 3.63) is 52.0 Å². The first-order chi connectivity index (χ1) is 21.3. The summed E-state index contributed by atoms with van der Waals surface area (Å²) >= 11 is 1.16. The van der Waals surface area contributed by atoms with Crippen LogP contribution >= 0.6 is 11.3 Å². The number of nitrogens with zero attached hydrogens (tertiary/aromatic N) is 1. The lowest BCUT2D eigenvalue weighted by atomic mass is 9.88. The van der Waals surface area contributed by atoms with Crippen molar-refractivity contribution in [1.29, 1.82) is 0 Å². The zero-order valence-electron chi connectivity index (χ0n) is 26.9.